The molecule has 0 spiro atoms. The lowest BCUT2D eigenvalue weighted by Crippen LogP contribution is -2.32. The van der Waals surface area contributed by atoms with Gasteiger partial charge in [0.2, 0.25) is 5.91 Å². The highest BCUT2D eigenvalue weighted by molar-refractivity contribution is 5.87. The number of pyridine rings is 1. The molecule has 0 fully saturated rings. The smallest absolute Gasteiger partial charge is 0.220 e. The van der Waals surface area contributed by atoms with Crippen molar-refractivity contribution in [3.8, 4) is 11.1 Å². The van der Waals surface area contributed by atoms with Gasteiger partial charge in [-0.1, -0.05) is 51.1 Å². The number of nitrogens with zero attached hydrogens (tertiary/aromatic N) is 1. The summed E-state index contributed by atoms with van der Waals surface area (Å²) >= 11 is 0. The van der Waals surface area contributed by atoms with Gasteiger partial charge in [0.25, 0.3) is 0 Å². The minimum absolute atomic E-state index is 0.0445. The number of nitrogens with one attached hydrogen (secondary N) is 1. The molecule has 4 heteroatoms. The van der Waals surface area contributed by atoms with Crippen LogP contribution in [0.15, 0.2) is 48.5 Å². The molecule has 0 aliphatic carbocycles. The van der Waals surface area contributed by atoms with Crippen LogP contribution in [0.5, 0.6) is 0 Å². The lowest BCUT2D eigenvalue weighted by molar-refractivity contribution is -0.121. The van der Waals surface area contributed by atoms with Crippen LogP contribution in [0.4, 0.5) is 5.82 Å². The molecule has 28 heavy (non-hydrogen) atoms. The van der Waals surface area contributed by atoms with Gasteiger partial charge in [0, 0.05) is 18.4 Å². The zero-order valence-electron chi connectivity index (χ0n) is 17.2. The molecule has 0 aliphatic rings. The number of rotatable bonds is 5. The van der Waals surface area contributed by atoms with E-state index in [0.29, 0.717) is 25.2 Å². The van der Waals surface area contributed by atoms with Crippen molar-refractivity contribution in [1.82, 2.24) is 10.3 Å². The van der Waals surface area contributed by atoms with Gasteiger partial charge >= 0.3 is 0 Å². The number of fused-ring (bicyclic) bond motifs is 1. The van der Waals surface area contributed by atoms with E-state index in [1.165, 1.54) is 11.1 Å². The second-order valence-corrected chi connectivity index (χ2v) is 8.59. The van der Waals surface area contributed by atoms with Crippen LogP contribution in [-0.4, -0.2) is 17.4 Å². The average Bonchev–Trinajstić information content (AvgIpc) is 2.64. The number of aromatic nitrogens is 1. The number of aryl methyl sites for hydroxylation is 2. The number of hydrogen-bond acceptors (Lipinski definition) is 3. The lowest BCUT2D eigenvalue weighted by atomic mass is 9.97. The highest BCUT2D eigenvalue weighted by atomic mass is 16.1. The van der Waals surface area contributed by atoms with E-state index in [1.807, 2.05) is 12.1 Å². The summed E-state index contributed by atoms with van der Waals surface area (Å²) in [5, 5.41) is 4.03. The molecular formula is C24H29N3O. The summed E-state index contributed by atoms with van der Waals surface area (Å²) in [4.78, 5) is 16.7. The van der Waals surface area contributed by atoms with Crippen LogP contribution < -0.4 is 11.1 Å². The summed E-state index contributed by atoms with van der Waals surface area (Å²) in [5.74, 6) is 0.544. The molecule has 0 unspecified atom stereocenters. The molecule has 0 radical (unpaired) electrons. The van der Waals surface area contributed by atoms with Gasteiger partial charge in [0.15, 0.2) is 0 Å². The average molecular weight is 376 g/mol. The number of amides is 1. The number of carbonyl (C=O) groups is 1. The molecule has 1 amide bonds. The molecule has 1 aromatic heterocycles. The number of anilines is 1. The van der Waals surface area contributed by atoms with Crippen molar-refractivity contribution in [3.63, 3.8) is 0 Å². The molecule has 0 saturated heterocycles. The van der Waals surface area contributed by atoms with Gasteiger partial charge in [-0.15, -0.1) is 0 Å². The fraction of sp³-hybridized carbons (Fsp3) is 0.333. The van der Waals surface area contributed by atoms with Crippen LogP contribution in [0.3, 0.4) is 0 Å². The van der Waals surface area contributed by atoms with E-state index in [1.54, 1.807) is 0 Å². The summed E-state index contributed by atoms with van der Waals surface area (Å²) in [6.45, 7) is 9.08. The Bertz CT molecular complexity index is 1000. The highest BCUT2D eigenvalue weighted by Crippen LogP contribution is 2.28. The Morgan fingerprint density at radius 2 is 1.86 bits per heavy atom. The molecule has 2 aromatic carbocycles. The minimum Gasteiger partial charge on any atom is -0.383 e. The van der Waals surface area contributed by atoms with E-state index in [2.05, 4.69) is 74.4 Å². The van der Waals surface area contributed by atoms with E-state index in [4.69, 9.17) is 5.73 Å². The molecule has 3 rings (SSSR count). The van der Waals surface area contributed by atoms with Gasteiger partial charge < -0.3 is 11.1 Å². The second-order valence-electron chi connectivity index (χ2n) is 8.59. The monoisotopic (exact) mass is 375 g/mol. The third-order valence-corrected chi connectivity index (χ3v) is 4.82. The van der Waals surface area contributed by atoms with Gasteiger partial charge in [0.05, 0.1) is 5.52 Å². The van der Waals surface area contributed by atoms with Crippen molar-refractivity contribution in [3.05, 3.63) is 59.7 Å². The van der Waals surface area contributed by atoms with Crippen molar-refractivity contribution in [1.29, 1.82) is 0 Å². The van der Waals surface area contributed by atoms with Crippen LogP contribution in [0, 0.1) is 12.3 Å². The molecule has 0 bridgehead atoms. The maximum Gasteiger partial charge on any atom is 0.220 e. The Hall–Kier alpha value is -2.88. The first-order chi connectivity index (χ1) is 13.2. The van der Waals surface area contributed by atoms with Gasteiger partial charge in [-0.05, 0) is 59.2 Å². The summed E-state index contributed by atoms with van der Waals surface area (Å²) in [7, 11) is 0. The first-order valence-electron chi connectivity index (χ1n) is 9.75. The minimum atomic E-state index is 0.0445. The first-order valence-corrected chi connectivity index (χ1v) is 9.75. The lowest BCUT2D eigenvalue weighted by Gasteiger charge is -2.18. The topological polar surface area (TPSA) is 68.0 Å². The van der Waals surface area contributed by atoms with Gasteiger partial charge in [-0.3, -0.25) is 4.79 Å². The maximum absolute atomic E-state index is 12.1. The van der Waals surface area contributed by atoms with E-state index >= 15 is 0 Å². The number of nitrogens with two attached hydrogens (primary N) is 1. The summed E-state index contributed by atoms with van der Waals surface area (Å²) < 4.78 is 0. The molecular weight excluding hydrogens is 346 g/mol. The van der Waals surface area contributed by atoms with E-state index in [-0.39, 0.29) is 11.3 Å². The van der Waals surface area contributed by atoms with Crippen molar-refractivity contribution >= 4 is 22.6 Å². The fourth-order valence-corrected chi connectivity index (χ4v) is 3.20. The summed E-state index contributed by atoms with van der Waals surface area (Å²) in [6.07, 6.45) is 0.990. The molecule has 0 aliphatic heterocycles. The van der Waals surface area contributed by atoms with Crippen molar-refractivity contribution in [2.45, 2.75) is 40.5 Å². The van der Waals surface area contributed by atoms with E-state index in [9.17, 15) is 4.79 Å². The standard InChI is InChI=1S/C24H29N3O/c1-16-7-5-6-8-20(16)17-9-11-21-19(13-17)14-18(23(25)27-21)10-12-22(28)26-15-24(2,3)4/h5-9,11,13-14H,10,12,15H2,1-4H3,(H2,25,27)(H,26,28). The molecule has 3 aromatic rings. The molecule has 4 nitrogen and oxygen atoms in total. The van der Waals surface area contributed by atoms with E-state index in [0.717, 1.165) is 22.0 Å². The zero-order chi connectivity index (χ0) is 20.3. The maximum atomic E-state index is 12.1. The van der Waals surface area contributed by atoms with Crippen LogP contribution in [0.1, 0.15) is 38.3 Å². The summed E-state index contributed by atoms with van der Waals surface area (Å²) in [5.41, 5.74) is 11.6. The second kappa shape index (κ2) is 8.01. The fourth-order valence-electron chi connectivity index (χ4n) is 3.20. The van der Waals surface area contributed by atoms with Crippen molar-refractivity contribution in [2.75, 3.05) is 12.3 Å². The highest BCUT2D eigenvalue weighted by Gasteiger charge is 2.13. The number of nitrogen functional groups attached to an aromatic ring is 1. The van der Waals surface area contributed by atoms with Gasteiger partial charge in [-0.25, -0.2) is 4.98 Å². The molecule has 3 N–H and O–H groups in total. The predicted molar refractivity (Wildman–Crippen MR) is 117 cm³/mol. The number of hydrogen-bond donors (Lipinski definition) is 2. The Labute approximate surface area is 167 Å². The Morgan fingerprint density at radius 1 is 1.11 bits per heavy atom. The van der Waals surface area contributed by atoms with Gasteiger partial charge in [0.1, 0.15) is 5.82 Å². The Morgan fingerprint density at radius 3 is 2.57 bits per heavy atom. The largest absolute Gasteiger partial charge is 0.383 e. The van der Waals surface area contributed by atoms with E-state index < -0.39 is 0 Å². The Kier molecular flexibility index (Phi) is 5.68. The van der Waals surface area contributed by atoms with Crippen LogP contribution in [0.25, 0.3) is 22.0 Å². The van der Waals surface area contributed by atoms with Crippen LogP contribution >= 0.6 is 0 Å². The van der Waals surface area contributed by atoms with Crippen molar-refractivity contribution in [2.24, 2.45) is 5.41 Å². The molecule has 0 saturated carbocycles. The SMILES string of the molecule is Cc1ccccc1-c1ccc2nc(N)c(CCC(=O)NCC(C)(C)C)cc2c1. The Balaban J connectivity index is 1.81. The quantitative estimate of drug-likeness (QED) is 0.667. The number of carbonyl (C=O) groups excluding carboxylic acids is 1. The summed E-state index contributed by atoms with van der Waals surface area (Å²) in [6, 6.07) is 16.6. The van der Waals surface area contributed by atoms with Gasteiger partial charge in [-0.2, -0.15) is 0 Å². The van der Waals surface area contributed by atoms with Crippen LogP contribution in [-0.2, 0) is 11.2 Å². The normalized spacial score (nSPS) is 11.6. The number of benzene rings is 2. The molecule has 0 atom stereocenters. The third-order valence-electron chi connectivity index (χ3n) is 4.82. The first kappa shape index (κ1) is 19.9. The van der Waals surface area contributed by atoms with Crippen LogP contribution in [0.2, 0.25) is 0 Å². The molecule has 146 valence electrons. The van der Waals surface area contributed by atoms with Crippen molar-refractivity contribution < 1.29 is 4.79 Å². The zero-order valence-corrected chi connectivity index (χ0v) is 17.2. The molecule has 1 heterocycles. The predicted octanol–water partition coefficient (Wildman–Crippen LogP) is 4.89. The third kappa shape index (κ3) is 4.89.